The number of halogens is 3. The van der Waals surface area contributed by atoms with Crippen LogP contribution in [-0.4, -0.2) is 6.54 Å². The first-order valence-electron chi connectivity index (χ1n) is 4.08. The molecule has 0 aliphatic rings. The molecule has 0 radical (unpaired) electrons. The van der Waals surface area contributed by atoms with Crippen LogP contribution in [0.2, 0.25) is 10.0 Å². The highest BCUT2D eigenvalue weighted by molar-refractivity contribution is 6.42. The normalized spacial score (nSPS) is 10.2. The van der Waals surface area contributed by atoms with Crippen LogP contribution in [0.4, 0.5) is 0 Å². The van der Waals surface area contributed by atoms with Crippen molar-refractivity contribution in [2.24, 2.45) is 0 Å². The summed E-state index contributed by atoms with van der Waals surface area (Å²) in [5.41, 5.74) is 0.956. The Morgan fingerprint density at radius 3 is 2.71 bits per heavy atom. The van der Waals surface area contributed by atoms with E-state index in [2.05, 4.69) is 11.9 Å². The summed E-state index contributed by atoms with van der Waals surface area (Å²) in [5, 5.41) is 4.82. The van der Waals surface area contributed by atoms with E-state index in [0.29, 0.717) is 28.2 Å². The zero-order chi connectivity index (χ0) is 10.6. The molecule has 0 atom stereocenters. The molecule has 0 saturated heterocycles. The van der Waals surface area contributed by atoms with Gasteiger partial charge >= 0.3 is 0 Å². The van der Waals surface area contributed by atoms with Gasteiger partial charge in [-0.15, -0.1) is 0 Å². The summed E-state index contributed by atoms with van der Waals surface area (Å²) in [5.74, 6) is 0. The van der Waals surface area contributed by atoms with Crippen molar-refractivity contribution in [3.8, 4) is 0 Å². The molecule has 0 aliphatic heterocycles. The number of rotatable bonds is 4. The van der Waals surface area contributed by atoms with E-state index in [1.54, 1.807) is 6.07 Å². The topological polar surface area (TPSA) is 12.0 Å². The van der Waals surface area contributed by atoms with Crippen molar-refractivity contribution in [3.05, 3.63) is 45.4 Å². The van der Waals surface area contributed by atoms with E-state index in [1.807, 2.05) is 12.1 Å². The van der Waals surface area contributed by atoms with Crippen LogP contribution in [0.15, 0.2) is 29.8 Å². The molecule has 0 aliphatic carbocycles. The van der Waals surface area contributed by atoms with Crippen molar-refractivity contribution in [2.75, 3.05) is 6.54 Å². The summed E-state index contributed by atoms with van der Waals surface area (Å²) in [6, 6.07) is 5.53. The SMILES string of the molecule is C=C(Cl)CNCc1cccc(Cl)c1Cl. The molecule has 0 unspecified atom stereocenters. The first-order valence-corrected chi connectivity index (χ1v) is 5.21. The van der Waals surface area contributed by atoms with Crippen LogP contribution in [0.5, 0.6) is 0 Å². The van der Waals surface area contributed by atoms with Crippen molar-refractivity contribution < 1.29 is 0 Å². The Kier molecular flexibility index (Phi) is 4.76. The summed E-state index contributed by atoms with van der Waals surface area (Å²) in [6.45, 7) is 4.76. The summed E-state index contributed by atoms with van der Waals surface area (Å²) < 4.78 is 0. The van der Waals surface area contributed by atoms with Crippen molar-refractivity contribution in [1.82, 2.24) is 5.32 Å². The molecule has 0 amide bonds. The fourth-order valence-electron chi connectivity index (χ4n) is 1.02. The van der Waals surface area contributed by atoms with E-state index in [1.165, 1.54) is 0 Å². The first kappa shape index (κ1) is 11.9. The van der Waals surface area contributed by atoms with Gasteiger partial charge in [-0.25, -0.2) is 0 Å². The predicted octanol–water partition coefficient (Wildman–Crippen LogP) is 3.84. The highest BCUT2D eigenvalue weighted by atomic mass is 35.5. The van der Waals surface area contributed by atoms with Gasteiger partial charge in [0.1, 0.15) is 0 Å². The van der Waals surface area contributed by atoms with E-state index in [-0.39, 0.29) is 0 Å². The summed E-state index contributed by atoms with van der Waals surface area (Å²) >= 11 is 17.4. The van der Waals surface area contributed by atoms with Gasteiger partial charge in [-0.1, -0.05) is 53.5 Å². The summed E-state index contributed by atoms with van der Waals surface area (Å²) in [4.78, 5) is 0. The maximum atomic E-state index is 5.98. The Hall–Kier alpha value is -0.210. The van der Waals surface area contributed by atoms with Crippen LogP contribution in [0.1, 0.15) is 5.56 Å². The third-order valence-electron chi connectivity index (χ3n) is 1.66. The molecule has 76 valence electrons. The van der Waals surface area contributed by atoms with Gasteiger partial charge in [0.05, 0.1) is 10.0 Å². The molecule has 0 saturated carbocycles. The fraction of sp³-hybridized carbons (Fsp3) is 0.200. The quantitative estimate of drug-likeness (QED) is 0.856. The molecule has 14 heavy (non-hydrogen) atoms. The molecule has 0 fully saturated rings. The van der Waals surface area contributed by atoms with Crippen molar-refractivity contribution in [2.45, 2.75) is 6.54 Å². The first-order chi connectivity index (χ1) is 6.61. The molecule has 1 aromatic rings. The van der Waals surface area contributed by atoms with Gasteiger partial charge in [-0.05, 0) is 11.6 Å². The van der Waals surface area contributed by atoms with Crippen LogP contribution >= 0.6 is 34.8 Å². The minimum absolute atomic E-state index is 0.560. The summed E-state index contributed by atoms with van der Waals surface area (Å²) in [7, 11) is 0. The smallest absolute Gasteiger partial charge is 0.0637 e. The molecule has 1 aromatic carbocycles. The maximum Gasteiger partial charge on any atom is 0.0637 e. The average Bonchev–Trinajstić information content (AvgIpc) is 2.12. The fourth-order valence-corrected chi connectivity index (χ4v) is 1.50. The number of hydrogen-bond donors (Lipinski definition) is 1. The van der Waals surface area contributed by atoms with Gasteiger partial charge in [0.15, 0.2) is 0 Å². The Morgan fingerprint density at radius 1 is 1.36 bits per heavy atom. The Bertz CT molecular complexity index is 336. The van der Waals surface area contributed by atoms with Gasteiger partial charge in [-0.2, -0.15) is 0 Å². The van der Waals surface area contributed by atoms with Crippen LogP contribution < -0.4 is 5.32 Å². The average molecular weight is 251 g/mol. The lowest BCUT2D eigenvalue weighted by molar-refractivity contribution is 0.755. The zero-order valence-corrected chi connectivity index (χ0v) is 9.76. The second-order valence-corrected chi connectivity index (χ2v) is 4.15. The van der Waals surface area contributed by atoms with Crippen LogP contribution in [0, 0.1) is 0 Å². The number of hydrogen-bond acceptors (Lipinski definition) is 1. The second-order valence-electron chi connectivity index (χ2n) is 2.83. The summed E-state index contributed by atoms with van der Waals surface area (Å²) in [6.07, 6.45) is 0. The van der Waals surface area contributed by atoms with Crippen molar-refractivity contribution >= 4 is 34.8 Å². The molecule has 0 heterocycles. The van der Waals surface area contributed by atoms with Crippen molar-refractivity contribution in [3.63, 3.8) is 0 Å². The second kappa shape index (κ2) is 5.62. The maximum absolute atomic E-state index is 5.98. The van der Waals surface area contributed by atoms with E-state index < -0.39 is 0 Å². The van der Waals surface area contributed by atoms with Crippen LogP contribution in [0.25, 0.3) is 0 Å². The lowest BCUT2D eigenvalue weighted by atomic mass is 10.2. The Balaban J connectivity index is 2.59. The molecular formula is C10H10Cl3N. The molecule has 1 N–H and O–H groups in total. The molecule has 1 rings (SSSR count). The highest BCUT2D eigenvalue weighted by Crippen LogP contribution is 2.25. The van der Waals surface area contributed by atoms with Gasteiger partial charge in [0, 0.05) is 18.1 Å². The van der Waals surface area contributed by atoms with Gasteiger partial charge in [-0.3, -0.25) is 0 Å². The number of benzene rings is 1. The number of nitrogens with one attached hydrogen (secondary N) is 1. The van der Waals surface area contributed by atoms with Gasteiger partial charge < -0.3 is 5.32 Å². The Labute approximate surface area is 98.7 Å². The molecule has 0 spiro atoms. The third-order valence-corrected chi connectivity index (χ3v) is 2.66. The Morgan fingerprint density at radius 2 is 2.07 bits per heavy atom. The molecule has 4 heteroatoms. The minimum atomic E-state index is 0.560. The monoisotopic (exact) mass is 249 g/mol. The molecule has 0 bridgehead atoms. The van der Waals surface area contributed by atoms with Crippen LogP contribution in [-0.2, 0) is 6.54 Å². The third kappa shape index (κ3) is 3.50. The molecule has 1 nitrogen and oxygen atoms in total. The standard InChI is InChI=1S/C10H10Cl3N/c1-7(11)5-14-6-8-3-2-4-9(12)10(8)13/h2-4,14H,1,5-6H2. The predicted molar refractivity (Wildman–Crippen MR) is 63.2 cm³/mol. The lowest BCUT2D eigenvalue weighted by Crippen LogP contribution is -2.14. The molecular weight excluding hydrogens is 240 g/mol. The largest absolute Gasteiger partial charge is 0.308 e. The molecule has 0 aromatic heterocycles. The van der Waals surface area contributed by atoms with E-state index in [9.17, 15) is 0 Å². The van der Waals surface area contributed by atoms with E-state index in [4.69, 9.17) is 34.8 Å². The van der Waals surface area contributed by atoms with Crippen LogP contribution in [0.3, 0.4) is 0 Å². The lowest BCUT2D eigenvalue weighted by Gasteiger charge is -2.06. The van der Waals surface area contributed by atoms with E-state index in [0.717, 1.165) is 5.56 Å². The van der Waals surface area contributed by atoms with E-state index >= 15 is 0 Å². The highest BCUT2D eigenvalue weighted by Gasteiger charge is 2.03. The van der Waals surface area contributed by atoms with Gasteiger partial charge in [0.2, 0.25) is 0 Å². The van der Waals surface area contributed by atoms with Gasteiger partial charge in [0.25, 0.3) is 0 Å². The minimum Gasteiger partial charge on any atom is -0.308 e. The van der Waals surface area contributed by atoms with Crippen molar-refractivity contribution in [1.29, 1.82) is 0 Å². The zero-order valence-electron chi connectivity index (χ0n) is 7.49.